The van der Waals surface area contributed by atoms with Gasteiger partial charge >= 0.3 is 0 Å². The lowest BCUT2D eigenvalue weighted by atomic mass is 9.90. The van der Waals surface area contributed by atoms with Gasteiger partial charge in [0.05, 0.1) is 11.4 Å². The Morgan fingerprint density at radius 2 is 1.34 bits per heavy atom. The minimum atomic E-state index is 0.0186. The van der Waals surface area contributed by atoms with Gasteiger partial charge in [-0.25, -0.2) is 0 Å². The Labute approximate surface area is 221 Å². The van der Waals surface area contributed by atoms with Crippen LogP contribution in [0.4, 0.5) is 17.1 Å². The summed E-state index contributed by atoms with van der Waals surface area (Å²) in [5.74, 6) is 1.83. The highest BCUT2D eigenvalue weighted by Gasteiger charge is 2.31. The van der Waals surface area contributed by atoms with Gasteiger partial charge in [0.2, 0.25) is 0 Å². The van der Waals surface area contributed by atoms with Crippen LogP contribution < -0.4 is 15.0 Å². The van der Waals surface area contributed by atoms with Gasteiger partial charge < -0.3 is 15.0 Å². The predicted octanol–water partition coefficient (Wildman–Crippen LogP) is 9.54. The van der Waals surface area contributed by atoms with Gasteiger partial charge in [0, 0.05) is 16.6 Å². The second kappa shape index (κ2) is 8.25. The van der Waals surface area contributed by atoms with Gasteiger partial charge in [0.15, 0.2) is 0 Å². The second-order valence-electron chi connectivity index (χ2n) is 9.83. The van der Waals surface area contributed by atoms with E-state index >= 15 is 0 Å². The van der Waals surface area contributed by atoms with Gasteiger partial charge in [-0.05, 0) is 64.0 Å². The van der Waals surface area contributed by atoms with E-state index < -0.39 is 0 Å². The van der Waals surface area contributed by atoms with Crippen LogP contribution in [0.25, 0.3) is 33.0 Å². The molecule has 3 nitrogen and oxygen atoms in total. The summed E-state index contributed by atoms with van der Waals surface area (Å²) in [6, 6.07) is 47.2. The molecule has 6 aromatic carbocycles. The molecule has 0 spiro atoms. The Morgan fingerprint density at radius 3 is 2.21 bits per heavy atom. The molecule has 2 aliphatic rings. The van der Waals surface area contributed by atoms with Crippen LogP contribution in [0.3, 0.4) is 0 Å². The summed E-state index contributed by atoms with van der Waals surface area (Å²) in [6.07, 6.45) is 0.0186. The highest BCUT2D eigenvalue weighted by Crippen LogP contribution is 2.50. The normalized spacial score (nSPS) is 14.9. The maximum atomic E-state index is 6.32. The molecular weight excluding hydrogens is 464 g/mol. The van der Waals surface area contributed by atoms with Crippen molar-refractivity contribution in [3.05, 3.63) is 139 Å². The third kappa shape index (κ3) is 3.15. The number of hydrogen-bond acceptors (Lipinski definition) is 3. The van der Waals surface area contributed by atoms with Gasteiger partial charge in [-0.3, -0.25) is 0 Å². The molecule has 2 aliphatic heterocycles. The minimum Gasteiger partial charge on any atom is -0.456 e. The van der Waals surface area contributed by atoms with Crippen molar-refractivity contribution in [2.45, 2.75) is 6.17 Å². The first-order chi connectivity index (χ1) is 18.8. The Morgan fingerprint density at radius 1 is 0.579 bits per heavy atom. The summed E-state index contributed by atoms with van der Waals surface area (Å²) in [4.78, 5) is 2.39. The maximum Gasteiger partial charge on any atom is 0.135 e. The monoisotopic (exact) mass is 488 g/mol. The van der Waals surface area contributed by atoms with Gasteiger partial charge in [0.1, 0.15) is 17.7 Å². The second-order valence-corrected chi connectivity index (χ2v) is 9.83. The largest absolute Gasteiger partial charge is 0.456 e. The number of para-hydroxylation sites is 2. The molecule has 0 amide bonds. The van der Waals surface area contributed by atoms with Crippen molar-refractivity contribution < 1.29 is 4.74 Å². The molecule has 2 heterocycles. The van der Waals surface area contributed by atoms with Crippen LogP contribution in [0.1, 0.15) is 11.7 Å². The lowest BCUT2D eigenvalue weighted by molar-refractivity contribution is 0.487. The van der Waals surface area contributed by atoms with Crippen molar-refractivity contribution >= 4 is 27.8 Å². The highest BCUT2D eigenvalue weighted by atomic mass is 16.5. The minimum absolute atomic E-state index is 0.0186. The average molecular weight is 489 g/mol. The Hall–Kier alpha value is -5.02. The number of anilines is 3. The third-order valence-corrected chi connectivity index (χ3v) is 7.67. The molecule has 0 radical (unpaired) electrons. The van der Waals surface area contributed by atoms with E-state index in [0.29, 0.717) is 0 Å². The first-order valence-corrected chi connectivity index (χ1v) is 13.0. The first-order valence-electron chi connectivity index (χ1n) is 13.0. The van der Waals surface area contributed by atoms with Crippen LogP contribution in [0, 0.1) is 0 Å². The number of benzene rings is 6. The smallest absolute Gasteiger partial charge is 0.135 e. The van der Waals surface area contributed by atoms with Crippen LogP contribution in [-0.2, 0) is 0 Å². The molecule has 0 aliphatic carbocycles. The molecule has 38 heavy (non-hydrogen) atoms. The van der Waals surface area contributed by atoms with E-state index in [2.05, 4.69) is 132 Å². The quantitative estimate of drug-likeness (QED) is 0.268. The summed E-state index contributed by atoms with van der Waals surface area (Å²) < 4.78 is 6.32. The molecular formula is C35H24N2O. The molecule has 180 valence electrons. The molecule has 6 aromatic rings. The summed E-state index contributed by atoms with van der Waals surface area (Å²) in [5.41, 5.74) is 9.44. The van der Waals surface area contributed by atoms with Crippen LogP contribution in [0.5, 0.6) is 11.5 Å². The van der Waals surface area contributed by atoms with Crippen molar-refractivity contribution in [2.75, 3.05) is 10.2 Å². The molecule has 3 heteroatoms. The zero-order valence-corrected chi connectivity index (χ0v) is 20.6. The number of nitrogens with zero attached hydrogens (tertiary/aromatic N) is 1. The van der Waals surface area contributed by atoms with E-state index in [1.54, 1.807) is 0 Å². The topological polar surface area (TPSA) is 24.5 Å². The standard InChI is InChI=1S/C35H24N2O/c1-3-10-23(11-4-1)35-36-30-22-24(18-20-31(30)37(35)25-12-5-2-6-13-25)26-19-21-33-34-28(26)15-9-16-29(34)27-14-7-8-17-32(27)38-33/h1-22,35-36H. The predicted molar refractivity (Wildman–Crippen MR) is 156 cm³/mol. The average Bonchev–Trinajstić information content (AvgIpc) is 3.37. The Balaban J connectivity index is 1.28. The van der Waals surface area contributed by atoms with Crippen LogP contribution >= 0.6 is 0 Å². The summed E-state index contributed by atoms with van der Waals surface area (Å²) in [5, 5.41) is 6.19. The molecule has 0 fully saturated rings. The van der Waals surface area contributed by atoms with Crippen LogP contribution in [-0.4, -0.2) is 0 Å². The molecule has 1 atom stereocenters. The van der Waals surface area contributed by atoms with Crippen molar-refractivity contribution in [1.29, 1.82) is 0 Å². The van der Waals surface area contributed by atoms with E-state index in [-0.39, 0.29) is 6.17 Å². The zero-order chi connectivity index (χ0) is 25.1. The van der Waals surface area contributed by atoms with Crippen molar-refractivity contribution in [2.24, 2.45) is 0 Å². The fourth-order valence-corrected chi connectivity index (χ4v) is 5.96. The van der Waals surface area contributed by atoms with Crippen molar-refractivity contribution in [3.8, 4) is 33.8 Å². The van der Waals surface area contributed by atoms with E-state index in [0.717, 1.165) is 28.4 Å². The third-order valence-electron chi connectivity index (χ3n) is 7.67. The number of hydrogen-bond donors (Lipinski definition) is 1. The van der Waals surface area contributed by atoms with E-state index in [1.807, 2.05) is 12.1 Å². The lowest BCUT2D eigenvalue weighted by Crippen LogP contribution is -2.23. The molecule has 0 saturated heterocycles. The number of fused-ring (bicyclic) bond motifs is 3. The van der Waals surface area contributed by atoms with E-state index in [4.69, 9.17) is 4.74 Å². The number of rotatable bonds is 3. The molecule has 0 saturated carbocycles. The van der Waals surface area contributed by atoms with Crippen molar-refractivity contribution in [3.63, 3.8) is 0 Å². The Kier molecular flexibility index (Phi) is 4.58. The van der Waals surface area contributed by atoms with Gasteiger partial charge in [-0.2, -0.15) is 0 Å². The molecule has 0 aromatic heterocycles. The first kappa shape index (κ1) is 21.1. The maximum absolute atomic E-state index is 6.32. The lowest BCUT2D eigenvalue weighted by Gasteiger charge is -2.27. The summed E-state index contributed by atoms with van der Waals surface area (Å²) >= 11 is 0. The van der Waals surface area contributed by atoms with Crippen LogP contribution in [0.2, 0.25) is 0 Å². The summed E-state index contributed by atoms with van der Waals surface area (Å²) in [7, 11) is 0. The number of ether oxygens (including phenoxy) is 1. The SMILES string of the molecule is c1ccc(C2Nc3cc(-c4ccc5c6c(cccc46)-c4ccccc4O5)ccc3N2c2ccccc2)cc1. The van der Waals surface area contributed by atoms with Gasteiger partial charge in [-0.1, -0.05) is 97.1 Å². The number of nitrogens with one attached hydrogen (secondary N) is 1. The fourth-order valence-electron chi connectivity index (χ4n) is 5.96. The molecule has 0 bridgehead atoms. The van der Waals surface area contributed by atoms with E-state index in [1.165, 1.54) is 38.7 Å². The highest BCUT2D eigenvalue weighted by molar-refractivity contribution is 6.10. The van der Waals surface area contributed by atoms with E-state index in [9.17, 15) is 0 Å². The van der Waals surface area contributed by atoms with Gasteiger partial charge in [-0.15, -0.1) is 0 Å². The fraction of sp³-hybridized carbons (Fsp3) is 0.0286. The van der Waals surface area contributed by atoms with Crippen molar-refractivity contribution in [1.82, 2.24) is 0 Å². The summed E-state index contributed by atoms with van der Waals surface area (Å²) in [6.45, 7) is 0. The van der Waals surface area contributed by atoms with Crippen LogP contribution in [0.15, 0.2) is 133 Å². The zero-order valence-electron chi connectivity index (χ0n) is 20.6. The van der Waals surface area contributed by atoms with Gasteiger partial charge in [0.25, 0.3) is 0 Å². The Bertz CT molecular complexity index is 1830. The molecule has 1 unspecified atom stereocenters. The molecule has 8 rings (SSSR count). The molecule has 1 N–H and O–H groups in total.